The van der Waals surface area contributed by atoms with Crippen LogP contribution >= 0.6 is 0 Å². The zero-order valence-electron chi connectivity index (χ0n) is 28.4. The fourth-order valence-corrected chi connectivity index (χ4v) is 5.85. The minimum absolute atomic E-state index is 0.00429. The number of aliphatic hydroxyl groups is 2. The summed E-state index contributed by atoms with van der Waals surface area (Å²) in [7, 11) is 0. The lowest BCUT2D eigenvalue weighted by atomic mass is 10.1. The highest BCUT2D eigenvalue weighted by molar-refractivity contribution is 5.35. The van der Waals surface area contributed by atoms with Crippen molar-refractivity contribution in [2.45, 2.75) is 109 Å². The molecule has 0 aromatic carbocycles. The summed E-state index contributed by atoms with van der Waals surface area (Å²) in [4.78, 5) is 23.4. The van der Waals surface area contributed by atoms with Gasteiger partial charge in [0.05, 0.1) is 44.4 Å². The van der Waals surface area contributed by atoms with Gasteiger partial charge in [-0.05, 0) is 77.0 Å². The molecule has 7 rings (SSSR count). The smallest absolute Gasteiger partial charge is 0.185 e. The van der Waals surface area contributed by atoms with E-state index in [-0.39, 0.29) is 31.2 Å². The molecule has 7 heterocycles. The van der Waals surface area contributed by atoms with Gasteiger partial charge in [-0.1, -0.05) is 0 Å². The van der Waals surface area contributed by atoms with E-state index in [1.807, 2.05) is 18.3 Å². The lowest BCUT2D eigenvalue weighted by Gasteiger charge is -2.23. The molecular formula is C37H51N3O9. The molecule has 3 aromatic rings. The molecule has 4 aliphatic rings. The van der Waals surface area contributed by atoms with Gasteiger partial charge in [-0.3, -0.25) is 14.8 Å². The molecule has 0 radical (unpaired) electrons. The van der Waals surface area contributed by atoms with E-state index in [2.05, 4.69) is 15.0 Å². The number of aromatic nitrogens is 3. The van der Waals surface area contributed by atoms with E-state index >= 15 is 0 Å². The van der Waals surface area contributed by atoms with E-state index < -0.39 is 0 Å². The average Bonchev–Trinajstić information content (AvgIpc) is 3.17. The van der Waals surface area contributed by atoms with Gasteiger partial charge in [-0.25, -0.2) is 0 Å². The molecule has 2 fully saturated rings. The van der Waals surface area contributed by atoms with Gasteiger partial charge < -0.3 is 43.6 Å². The normalized spacial score (nSPS) is 19.8. The third-order valence-corrected chi connectivity index (χ3v) is 8.63. The molecule has 0 saturated carbocycles. The molecule has 3 N–H and O–H groups in total. The molecule has 0 amide bonds. The Kier molecular flexibility index (Phi) is 15.3. The highest BCUT2D eigenvalue weighted by Gasteiger charge is 2.17. The van der Waals surface area contributed by atoms with Crippen molar-refractivity contribution in [1.29, 1.82) is 0 Å². The molecule has 12 heteroatoms. The lowest BCUT2D eigenvalue weighted by Crippen LogP contribution is -2.22. The molecule has 12 nitrogen and oxygen atoms in total. The van der Waals surface area contributed by atoms with Crippen molar-refractivity contribution < 1.29 is 38.6 Å². The van der Waals surface area contributed by atoms with Gasteiger partial charge in [0.25, 0.3) is 0 Å². The van der Waals surface area contributed by atoms with E-state index in [1.165, 1.54) is 12.0 Å². The molecular weight excluding hydrogens is 630 g/mol. The van der Waals surface area contributed by atoms with Gasteiger partial charge in [-0.15, -0.1) is 0 Å². The Morgan fingerprint density at radius 1 is 0.755 bits per heavy atom. The van der Waals surface area contributed by atoms with Crippen molar-refractivity contribution >= 4 is 0 Å². The van der Waals surface area contributed by atoms with Crippen LogP contribution in [0.1, 0.15) is 91.6 Å². The molecule has 2 atom stereocenters. The second-order valence-electron chi connectivity index (χ2n) is 12.5. The van der Waals surface area contributed by atoms with Crippen LogP contribution in [0.2, 0.25) is 0 Å². The quantitative estimate of drug-likeness (QED) is 0.273. The van der Waals surface area contributed by atoms with E-state index in [1.54, 1.807) is 18.5 Å². The Labute approximate surface area is 288 Å². The van der Waals surface area contributed by atoms with Crippen molar-refractivity contribution in [3.05, 3.63) is 80.8 Å². The number of fused-ring (bicyclic) bond motifs is 2. The number of H-pyrrole nitrogens is 1. The molecule has 3 aromatic heterocycles. The minimum atomic E-state index is -0.147. The van der Waals surface area contributed by atoms with E-state index in [0.717, 1.165) is 113 Å². The van der Waals surface area contributed by atoms with Crippen LogP contribution in [-0.4, -0.2) is 70.8 Å². The molecule has 4 aliphatic heterocycles. The van der Waals surface area contributed by atoms with Gasteiger partial charge in [-0.2, -0.15) is 0 Å². The number of pyridine rings is 3. The monoisotopic (exact) mass is 681 g/mol. The van der Waals surface area contributed by atoms with Crippen LogP contribution in [0, 0.1) is 0 Å². The second-order valence-corrected chi connectivity index (χ2v) is 12.5. The molecule has 0 bridgehead atoms. The maximum Gasteiger partial charge on any atom is 0.185 e. The Balaban J connectivity index is 0.000000147. The lowest BCUT2D eigenvalue weighted by molar-refractivity contribution is -0.169. The van der Waals surface area contributed by atoms with E-state index in [4.69, 9.17) is 38.6 Å². The summed E-state index contributed by atoms with van der Waals surface area (Å²) in [5.41, 5.74) is 5.41. The molecule has 2 saturated heterocycles. The van der Waals surface area contributed by atoms with Crippen LogP contribution in [0.4, 0.5) is 0 Å². The first-order valence-electron chi connectivity index (χ1n) is 17.7. The molecule has 268 valence electrons. The Bertz CT molecular complexity index is 1470. The van der Waals surface area contributed by atoms with Crippen molar-refractivity contribution in [2.75, 3.05) is 33.0 Å². The topological polar surface area (TPSA) is 154 Å². The number of aryl methyl sites for hydroxylation is 3. The number of aliphatic hydroxyl groups excluding tert-OH is 2. The number of ether oxygens (including phenoxy) is 6. The summed E-state index contributed by atoms with van der Waals surface area (Å²) >= 11 is 0. The summed E-state index contributed by atoms with van der Waals surface area (Å²) < 4.78 is 33.4. The van der Waals surface area contributed by atoms with Gasteiger partial charge in [0.1, 0.15) is 11.5 Å². The minimum Gasteiger partial charge on any atom is -0.493 e. The first-order chi connectivity index (χ1) is 24.1. The van der Waals surface area contributed by atoms with Crippen LogP contribution < -0.4 is 14.9 Å². The summed E-state index contributed by atoms with van der Waals surface area (Å²) in [5, 5.41) is 17.6. The number of nitrogens with one attached hydrogen (secondary N) is 1. The standard InChI is InChI=1S/C14H21NO4.C14H19NO3.C9H11NO2/c16-6-3-4-11-9-15-12(8-13(11)17)10-19-14-5-1-2-7-18-14;1-2-6-17-14(5-1)18-10-12-8-13-11(9-15-12)4-3-7-16-13;11-6-8-4-9-7(5-10-8)2-1-3-12-9/h8-9,14,16H,1-7,10H2,(H,15,17);8-9,14H,1-7,10H2;4-5,11H,1-3,6H2. The fourth-order valence-electron chi connectivity index (χ4n) is 5.85. The van der Waals surface area contributed by atoms with Crippen LogP contribution in [0.5, 0.6) is 11.5 Å². The zero-order chi connectivity index (χ0) is 34.1. The largest absolute Gasteiger partial charge is 0.493 e. The predicted octanol–water partition coefficient (Wildman–Crippen LogP) is 4.69. The molecule has 49 heavy (non-hydrogen) atoms. The van der Waals surface area contributed by atoms with E-state index in [0.29, 0.717) is 37.3 Å². The zero-order valence-corrected chi connectivity index (χ0v) is 28.4. The fraction of sp³-hybridized carbons (Fsp3) is 0.595. The predicted molar refractivity (Wildman–Crippen MR) is 181 cm³/mol. The number of rotatable bonds is 10. The Morgan fingerprint density at radius 2 is 1.37 bits per heavy atom. The van der Waals surface area contributed by atoms with Crippen LogP contribution in [0.25, 0.3) is 0 Å². The van der Waals surface area contributed by atoms with Gasteiger partial charge in [0.15, 0.2) is 18.0 Å². The molecule has 0 aliphatic carbocycles. The maximum atomic E-state index is 11.8. The van der Waals surface area contributed by atoms with Crippen molar-refractivity contribution in [1.82, 2.24) is 15.0 Å². The maximum absolute atomic E-state index is 11.8. The van der Waals surface area contributed by atoms with Crippen LogP contribution in [-0.2, 0) is 58.0 Å². The summed E-state index contributed by atoms with van der Waals surface area (Å²) in [6, 6.07) is 5.38. The van der Waals surface area contributed by atoms with Gasteiger partial charge >= 0.3 is 0 Å². The number of hydrogen-bond acceptors (Lipinski definition) is 11. The van der Waals surface area contributed by atoms with Crippen molar-refractivity contribution in [3.63, 3.8) is 0 Å². The second kappa shape index (κ2) is 20.3. The third-order valence-electron chi connectivity index (χ3n) is 8.63. The number of hydrogen-bond donors (Lipinski definition) is 3. The molecule has 2 unspecified atom stereocenters. The van der Waals surface area contributed by atoms with Crippen molar-refractivity contribution in [2.24, 2.45) is 0 Å². The number of aromatic amines is 1. The SMILES string of the molecule is O=c1cc(COC2CCCCO2)[nH]cc1CCCO.OCc1cc2c(cn1)CCCO2.c1nc(COC2CCCCO2)cc2c1CCCO2. The Hall–Kier alpha value is -3.39. The summed E-state index contributed by atoms with van der Waals surface area (Å²) in [6.07, 6.45) is 17.1. The van der Waals surface area contributed by atoms with Crippen LogP contribution in [0.3, 0.4) is 0 Å². The number of nitrogens with zero attached hydrogens (tertiary/aromatic N) is 2. The van der Waals surface area contributed by atoms with Gasteiger partial charge in [0.2, 0.25) is 0 Å². The average molecular weight is 682 g/mol. The first kappa shape index (κ1) is 36.9. The highest BCUT2D eigenvalue weighted by Crippen LogP contribution is 2.26. The van der Waals surface area contributed by atoms with E-state index in [9.17, 15) is 4.79 Å². The third kappa shape index (κ3) is 12.2. The molecule has 0 spiro atoms. The summed E-state index contributed by atoms with van der Waals surface area (Å²) in [5.74, 6) is 1.86. The Morgan fingerprint density at radius 3 is 1.94 bits per heavy atom. The van der Waals surface area contributed by atoms with Gasteiger partial charge in [0, 0.05) is 79.0 Å². The van der Waals surface area contributed by atoms with Crippen molar-refractivity contribution in [3.8, 4) is 11.5 Å². The first-order valence-corrected chi connectivity index (χ1v) is 17.7. The highest BCUT2D eigenvalue weighted by atomic mass is 16.7. The summed E-state index contributed by atoms with van der Waals surface area (Å²) in [6.45, 7) is 4.10. The van der Waals surface area contributed by atoms with Crippen LogP contribution in [0.15, 0.2) is 41.6 Å².